The summed E-state index contributed by atoms with van der Waals surface area (Å²) in [5.74, 6) is -1.91. The van der Waals surface area contributed by atoms with Crippen LogP contribution in [0.3, 0.4) is 0 Å². The molecule has 1 saturated heterocycles. The van der Waals surface area contributed by atoms with E-state index < -0.39 is 11.6 Å². The minimum absolute atomic E-state index is 0.0320. The first-order valence-corrected chi connectivity index (χ1v) is 11.6. The number of halogens is 2. The number of rotatable bonds is 4. The lowest BCUT2D eigenvalue weighted by Gasteiger charge is -2.27. The summed E-state index contributed by atoms with van der Waals surface area (Å²) in [6, 6.07) is 8.29. The maximum atomic E-state index is 15.2. The van der Waals surface area contributed by atoms with E-state index in [1.165, 1.54) is 12.1 Å². The maximum absolute atomic E-state index is 15.2. The summed E-state index contributed by atoms with van der Waals surface area (Å²) in [4.78, 5) is 16.6. The maximum Gasteiger partial charge on any atom is 0.341 e. The van der Waals surface area contributed by atoms with Gasteiger partial charge in [0.1, 0.15) is 5.82 Å². The first-order valence-electron chi connectivity index (χ1n) is 11.6. The Morgan fingerprint density at radius 1 is 1.18 bits per heavy atom. The van der Waals surface area contributed by atoms with Gasteiger partial charge in [0.15, 0.2) is 5.65 Å². The van der Waals surface area contributed by atoms with Crippen molar-refractivity contribution in [2.45, 2.75) is 49.6 Å². The standard InChI is InChI=1S/C25H24F2N4O3/c26-17-1-3-18(4-2-17)31-19-11-16-13-28-30-23(16)29-21(19)20(22(31)14-6-9-34-10-7-14)15-5-8-25(27,12-15)24(32)33/h1-4,11,13-15H,5-10,12H2,(H,32,33)(H,28,29,30)/t15-,25+/m1/s1. The van der Waals surface area contributed by atoms with E-state index in [1.54, 1.807) is 18.3 Å². The van der Waals surface area contributed by atoms with Gasteiger partial charge in [0.05, 0.1) is 17.2 Å². The van der Waals surface area contributed by atoms with Crippen LogP contribution in [0.5, 0.6) is 0 Å². The lowest BCUT2D eigenvalue weighted by atomic mass is 9.86. The van der Waals surface area contributed by atoms with Gasteiger partial charge in [-0.05, 0) is 68.4 Å². The van der Waals surface area contributed by atoms with Gasteiger partial charge in [-0.15, -0.1) is 0 Å². The van der Waals surface area contributed by atoms with Crippen LogP contribution in [-0.4, -0.2) is 49.7 Å². The number of pyridine rings is 1. The predicted octanol–water partition coefficient (Wildman–Crippen LogP) is 5.00. The number of carboxylic acids is 1. The molecule has 1 aliphatic carbocycles. The van der Waals surface area contributed by atoms with E-state index in [0.717, 1.165) is 40.7 Å². The van der Waals surface area contributed by atoms with Crippen LogP contribution >= 0.6 is 0 Å². The van der Waals surface area contributed by atoms with E-state index in [2.05, 4.69) is 14.8 Å². The molecule has 6 rings (SSSR count). The van der Waals surface area contributed by atoms with Gasteiger partial charge in [-0.1, -0.05) is 0 Å². The number of carboxylic acid groups (broad SMARTS) is 1. The molecular weight excluding hydrogens is 442 g/mol. The Labute approximate surface area is 193 Å². The highest BCUT2D eigenvalue weighted by atomic mass is 19.1. The second-order valence-electron chi connectivity index (χ2n) is 9.37. The third-order valence-corrected chi connectivity index (χ3v) is 7.36. The Kier molecular flexibility index (Phi) is 4.91. The Morgan fingerprint density at radius 3 is 2.65 bits per heavy atom. The second kappa shape index (κ2) is 7.87. The van der Waals surface area contributed by atoms with E-state index in [-0.39, 0.29) is 30.5 Å². The summed E-state index contributed by atoms with van der Waals surface area (Å²) >= 11 is 0. The van der Waals surface area contributed by atoms with E-state index in [4.69, 9.17) is 9.72 Å². The lowest BCUT2D eigenvalue weighted by molar-refractivity contribution is -0.150. The van der Waals surface area contributed by atoms with E-state index in [9.17, 15) is 14.3 Å². The molecule has 0 spiro atoms. The highest BCUT2D eigenvalue weighted by Crippen LogP contribution is 2.50. The molecule has 7 nitrogen and oxygen atoms in total. The monoisotopic (exact) mass is 466 g/mol. The van der Waals surface area contributed by atoms with Gasteiger partial charge >= 0.3 is 5.97 Å². The molecule has 1 aliphatic heterocycles. The van der Waals surface area contributed by atoms with Crippen molar-refractivity contribution < 1.29 is 23.4 Å². The summed E-state index contributed by atoms with van der Waals surface area (Å²) in [5, 5.41) is 17.4. The number of hydrogen-bond donors (Lipinski definition) is 2. The van der Waals surface area contributed by atoms with E-state index in [0.29, 0.717) is 30.8 Å². The van der Waals surface area contributed by atoms with Crippen molar-refractivity contribution in [1.29, 1.82) is 0 Å². The van der Waals surface area contributed by atoms with Gasteiger partial charge in [-0.25, -0.2) is 18.6 Å². The largest absolute Gasteiger partial charge is 0.479 e. The summed E-state index contributed by atoms with van der Waals surface area (Å²) in [7, 11) is 0. The van der Waals surface area contributed by atoms with Gasteiger partial charge in [0.2, 0.25) is 5.67 Å². The molecule has 4 aromatic rings. The van der Waals surface area contributed by atoms with Crippen LogP contribution in [0.1, 0.15) is 55.2 Å². The van der Waals surface area contributed by atoms with Crippen LogP contribution < -0.4 is 0 Å². The molecular formula is C25H24F2N4O3. The number of carbonyl (C=O) groups is 1. The summed E-state index contributed by atoms with van der Waals surface area (Å²) in [6.07, 6.45) is 3.57. The summed E-state index contributed by atoms with van der Waals surface area (Å²) in [5.41, 5.74) is 2.57. The molecule has 1 aromatic carbocycles. The molecule has 1 saturated carbocycles. The molecule has 2 atom stereocenters. The molecule has 176 valence electrons. The zero-order valence-electron chi connectivity index (χ0n) is 18.4. The van der Waals surface area contributed by atoms with Gasteiger partial charge < -0.3 is 14.4 Å². The molecule has 0 bridgehead atoms. The Morgan fingerprint density at radius 2 is 1.94 bits per heavy atom. The van der Waals surface area contributed by atoms with Crippen LogP contribution in [0.4, 0.5) is 8.78 Å². The van der Waals surface area contributed by atoms with Crippen LogP contribution in [-0.2, 0) is 9.53 Å². The highest BCUT2D eigenvalue weighted by molar-refractivity contribution is 5.94. The van der Waals surface area contributed by atoms with Crippen molar-refractivity contribution >= 4 is 28.0 Å². The van der Waals surface area contributed by atoms with E-state index in [1.807, 2.05) is 6.07 Å². The quantitative estimate of drug-likeness (QED) is 0.442. The van der Waals surface area contributed by atoms with Crippen molar-refractivity contribution in [3.05, 3.63) is 53.6 Å². The SMILES string of the molecule is O=C(O)[C@]1(F)CC[C@@H](c2c(C3CCOCC3)n(-c3ccc(F)cc3)c3cc4cn[nH]c4nc23)C1. The fourth-order valence-corrected chi connectivity index (χ4v) is 5.69. The number of aromatic amines is 1. The smallest absolute Gasteiger partial charge is 0.341 e. The number of nitrogens with one attached hydrogen (secondary N) is 1. The van der Waals surface area contributed by atoms with Crippen LogP contribution in [0.15, 0.2) is 36.5 Å². The Balaban J connectivity index is 1.65. The van der Waals surface area contributed by atoms with Gasteiger partial charge in [-0.3, -0.25) is 5.10 Å². The molecule has 2 fully saturated rings. The summed E-state index contributed by atoms with van der Waals surface area (Å²) < 4.78 is 36.7. The zero-order valence-corrected chi connectivity index (χ0v) is 18.4. The fraction of sp³-hybridized carbons (Fsp3) is 0.400. The van der Waals surface area contributed by atoms with Crippen LogP contribution in [0.25, 0.3) is 27.8 Å². The van der Waals surface area contributed by atoms with E-state index >= 15 is 4.39 Å². The Bertz CT molecular complexity index is 1390. The van der Waals surface area contributed by atoms with Crippen molar-refractivity contribution in [3.63, 3.8) is 0 Å². The molecule has 4 heterocycles. The number of aromatic nitrogens is 4. The number of fused-ring (bicyclic) bond motifs is 2. The molecule has 34 heavy (non-hydrogen) atoms. The number of hydrogen-bond acceptors (Lipinski definition) is 4. The topological polar surface area (TPSA) is 93.0 Å². The third-order valence-electron chi connectivity index (χ3n) is 7.36. The highest BCUT2D eigenvalue weighted by Gasteiger charge is 2.48. The molecule has 0 unspecified atom stereocenters. The minimum atomic E-state index is -2.25. The number of nitrogens with zero attached hydrogens (tertiary/aromatic N) is 3. The number of aliphatic carboxylic acids is 1. The molecule has 9 heteroatoms. The average molecular weight is 466 g/mol. The minimum Gasteiger partial charge on any atom is -0.479 e. The third kappa shape index (κ3) is 3.29. The van der Waals surface area contributed by atoms with Crippen molar-refractivity contribution in [1.82, 2.24) is 19.7 Å². The lowest BCUT2D eigenvalue weighted by Crippen LogP contribution is -2.30. The first kappa shape index (κ1) is 21.2. The molecule has 3 aromatic heterocycles. The molecule has 0 radical (unpaired) electrons. The van der Waals surface area contributed by atoms with Crippen molar-refractivity contribution in [2.24, 2.45) is 0 Å². The molecule has 0 amide bonds. The second-order valence-corrected chi connectivity index (χ2v) is 9.37. The molecule has 2 N–H and O–H groups in total. The number of benzene rings is 1. The van der Waals surface area contributed by atoms with Crippen molar-refractivity contribution in [3.8, 4) is 5.69 Å². The number of H-pyrrole nitrogens is 1. The predicted molar refractivity (Wildman–Crippen MR) is 122 cm³/mol. The average Bonchev–Trinajstić information content (AvgIpc) is 3.54. The zero-order chi connectivity index (χ0) is 23.4. The number of ether oxygens (including phenoxy) is 1. The van der Waals surface area contributed by atoms with Gasteiger partial charge in [-0.2, -0.15) is 5.10 Å². The first-order chi connectivity index (χ1) is 16.4. The van der Waals surface area contributed by atoms with Crippen molar-refractivity contribution in [2.75, 3.05) is 13.2 Å². The normalized spacial score (nSPS) is 23.8. The van der Waals surface area contributed by atoms with Crippen LogP contribution in [0, 0.1) is 5.82 Å². The fourth-order valence-electron chi connectivity index (χ4n) is 5.69. The Hall–Kier alpha value is -3.33. The number of alkyl halides is 1. The van der Waals surface area contributed by atoms with Crippen LogP contribution in [0.2, 0.25) is 0 Å². The van der Waals surface area contributed by atoms with Gasteiger partial charge in [0, 0.05) is 41.5 Å². The van der Waals surface area contributed by atoms with Gasteiger partial charge in [0.25, 0.3) is 0 Å². The molecule has 2 aliphatic rings. The summed E-state index contributed by atoms with van der Waals surface area (Å²) in [6.45, 7) is 1.22.